The smallest absolute Gasteiger partial charge is 0.309 e. The molecule has 0 unspecified atom stereocenters. The number of carboxylic acid groups (broad SMARTS) is 1. The second-order valence-corrected chi connectivity index (χ2v) is 9.19. The lowest BCUT2D eigenvalue weighted by Gasteiger charge is -2.33. The highest BCUT2D eigenvalue weighted by atomic mass is 32.2. The average Bonchev–Trinajstić information content (AvgIpc) is 2.26. The number of rotatable bonds is 4. The quantitative estimate of drug-likeness (QED) is 0.856. The summed E-state index contributed by atoms with van der Waals surface area (Å²) in [6.45, 7) is 4.99. The van der Waals surface area contributed by atoms with E-state index in [1.807, 2.05) is 0 Å². The van der Waals surface area contributed by atoms with Gasteiger partial charge in [-0.2, -0.15) is 0 Å². The van der Waals surface area contributed by atoms with Gasteiger partial charge in [0.15, 0.2) is 9.84 Å². The summed E-state index contributed by atoms with van der Waals surface area (Å²) in [5.41, 5.74) is -0.809. The van der Waals surface area contributed by atoms with Crippen LogP contribution in [0.2, 0.25) is 0 Å². The van der Waals surface area contributed by atoms with Crippen molar-refractivity contribution in [3.8, 4) is 0 Å². The SMILES string of the molecule is CC(C)(C)S(=O)(=O)CCC1(C(=O)O)CCCCC1. The Morgan fingerprint density at radius 3 is 2.06 bits per heavy atom. The molecule has 5 heteroatoms. The van der Waals surface area contributed by atoms with Crippen molar-refractivity contribution in [2.24, 2.45) is 5.41 Å². The van der Waals surface area contributed by atoms with Gasteiger partial charge in [-0.3, -0.25) is 4.79 Å². The van der Waals surface area contributed by atoms with Crippen LogP contribution in [0.25, 0.3) is 0 Å². The second kappa shape index (κ2) is 5.19. The Balaban J connectivity index is 2.79. The fourth-order valence-electron chi connectivity index (χ4n) is 2.44. The standard InChI is InChI=1S/C13H24O4S/c1-12(2,3)18(16,17)10-9-13(11(14)15)7-5-4-6-8-13/h4-10H2,1-3H3,(H,14,15). The molecule has 18 heavy (non-hydrogen) atoms. The van der Waals surface area contributed by atoms with Gasteiger partial charge in [0.1, 0.15) is 0 Å². The number of carbonyl (C=O) groups is 1. The molecule has 0 aromatic rings. The van der Waals surface area contributed by atoms with Crippen LogP contribution in [0.3, 0.4) is 0 Å². The Morgan fingerprint density at radius 2 is 1.67 bits per heavy atom. The van der Waals surface area contributed by atoms with Crippen molar-refractivity contribution in [2.45, 2.75) is 64.0 Å². The Kier molecular flexibility index (Phi) is 4.47. The average molecular weight is 276 g/mol. The molecule has 0 aliphatic heterocycles. The lowest BCUT2D eigenvalue weighted by molar-refractivity contribution is -0.151. The molecule has 0 radical (unpaired) electrons. The van der Waals surface area contributed by atoms with Crippen LogP contribution in [-0.4, -0.2) is 30.0 Å². The maximum absolute atomic E-state index is 12.1. The van der Waals surface area contributed by atoms with Crippen molar-refractivity contribution in [1.29, 1.82) is 0 Å². The molecule has 0 spiro atoms. The van der Waals surface area contributed by atoms with Gasteiger partial charge in [0.2, 0.25) is 0 Å². The number of carboxylic acids is 1. The first-order valence-corrected chi connectivity index (χ1v) is 8.22. The monoisotopic (exact) mass is 276 g/mol. The van der Waals surface area contributed by atoms with Crippen molar-refractivity contribution >= 4 is 15.8 Å². The van der Waals surface area contributed by atoms with Crippen LogP contribution in [0, 0.1) is 5.41 Å². The zero-order valence-corrected chi connectivity index (χ0v) is 12.3. The summed E-state index contributed by atoms with van der Waals surface area (Å²) in [5, 5.41) is 9.39. The molecule has 0 bridgehead atoms. The minimum absolute atomic E-state index is 0.0250. The molecule has 1 aliphatic carbocycles. The van der Waals surface area contributed by atoms with Gasteiger partial charge in [0, 0.05) is 0 Å². The lowest BCUT2D eigenvalue weighted by Crippen LogP contribution is -2.38. The molecule has 0 aromatic heterocycles. The first-order chi connectivity index (χ1) is 8.11. The fourth-order valence-corrected chi connectivity index (χ4v) is 3.71. The van der Waals surface area contributed by atoms with Crippen LogP contribution in [0.15, 0.2) is 0 Å². The van der Waals surface area contributed by atoms with Gasteiger partial charge in [0.05, 0.1) is 15.9 Å². The van der Waals surface area contributed by atoms with Gasteiger partial charge in [-0.25, -0.2) is 8.42 Å². The Bertz CT molecular complexity index is 397. The molecule has 1 aliphatic rings. The van der Waals surface area contributed by atoms with Crippen LogP contribution in [-0.2, 0) is 14.6 Å². The number of sulfone groups is 1. The molecular formula is C13H24O4S. The third kappa shape index (κ3) is 3.25. The fraction of sp³-hybridized carbons (Fsp3) is 0.923. The Labute approximate surface area is 110 Å². The second-order valence-electron chi connectivity index (χ2n) is 6.33. The predicted octanol–water partition coefficient (Wildman–Crippen LogP) is 2.62. The summed E-state index contributed by atoms with van der Waals surface area (Å²) < 4.78 is 23.3. The van der Waals surface area contributed by atoms with Gasteiger partial charge in [0.25, 0.3) is 0 Å². The van der Waals surface area contributed by atoms with E-state index in [-0.39, 0.29) is 12.2 Å². The van der Waals surface area contributed by atoms with Crippen molar-refractivity contribution in [2.75, 3.05) is 5.75 Å². The van der Waals surface area contributed by atoms with Crippen molar-refractivity contribution in [1.82, 2.24) is 0 Å². The van der Waals surface area contributed by atoms with Crippen LogP contribution >= 0.6 is 0 Å². The van der Waals surface area contributed by atoms with Crippen LogP contribution < -0.4 is 0 Å². The van der Waals surface area contributed by atoms with Gasteiger partial charge in [-0.15, -0.1) is 0 Å². The van der Waals surface area contributed by atoms with Crippen molar-refractivity contribution < 1.29 is 18.3 Å². The van der Waals surface area contributed by atoms with Gasteiger partial charge < -0.3 is 5.11 Å². The van der Waals surface area contributed by atoms with E-state index in [2.05, 4.69) is 0 Å². The number of hydrogen-bond donors (Lipinski definition) is 1. The maximum Gasteiger partial charge on any atom is 0.309 e. The summed E-state index contributed by atoms with van der Waals surface area (Å²) in [6.07, 6.45) is 4.32. The topological polar surface area (TPSA) is 71.4 Å². The molecule has 0 amide bonds. The molecule has 1 saturated carbocycles. The predicted molar refractivity (Wildman–Crippen MR) is 71.3 cm³/mol. The van der Waals surface area contributed by atoms with Gasteiger partial charge >= 0.3 is 5.97 Å². The van der Waals surface area contributed by atoms with E-state index in [0.29, 0.717) is 12.8 Å². The van der Waals surface area contributed by atoms with Crippen LogP contribution in [0.4, 0.5) is 0 Å². The van der Waals surface area contributed by atoms with E-state index in [1.165, 1.54) is 0 Å². The summed E-state index contributed by atoms with van der Waals surface area (Å²) in [7, 11) is -3.23. The zero-order valence-electron chi connectivity index (χ0n) is 11.5. The van der Waals surface area contributed by atoms with Crippen molar-refractivity contribution in [3.05, 3.63) is 0 Å². The molecule has 1 N–H and O–H groups in total. The third-order valence-electron chi connectivity index (χ3n) is 4.05. The van der Waals surface area contributed by atoms with Crippen LogP contribution in [0.5, 0.6) is 0 Å². The highest BCUT2D eigenvalue weighted by molar-refractivity contribution is 7.92. The molecule has 0 aromatic carbocycles. The number of aliphatic carboxylic acids is 1. The molecule has 4 nitrogen and oxygen atoms in total. The lowest BCUT2D eigenvalue weighted by atomic mass is 9.72. The van der Waals surface area contributed by atoms with E-state index in [1.54, 1.807) is 20.8 Å². The van der Waals surface area contributed by atoms with E-state index in [4.69, 9.17) is 0 Å². The minimum atomic E-state index is -3.23. The maximum atomic E-state index is 12.1. The molecule has 1 rings (SSSR count). The largest absolute Gasteiger partial charge is 0.481 e. The molecule has 0 atom stereocenters. The number of hydrogen-bond acceptors (Lipinski definition) is 3. The summed E-state index contributed by atoms with van der Waals surface area (Å²) in [6, 6.07) is 0. The van der Waals surface area contributed by atoms with Gasteiger partial charge in [-0.05, 0) is 40.0 Å². The van der Waals surface area contributed by atoms with Gasteiger partial charge in [-0.1, -0.05) is 19.3 Å². The molecule has 0 heterocycles. The first-order valence-electron chi connectivity index (χ1n) is 6.56. The summed E-state index contributed by atoms with van der Waals surface area (Å²) >= 11 is 0. The summed E-state index contributed by atoms with van der Waals surface area (Å²) in [4.78, 5) is 11.4. The Hall–Kier alpha value is -0.580. The van der Waals surface area contributed by atoms with E-state index < -0.39 is 26.0 Å². The van der Waals surface area contributed by atoms with E-state index >= 15 is 0 Å². The van der Waals surface area contributed by atoms with E-state index in [9.17, 15) is 18.3 Å². The highest BCUT2D eigenvalue weighted by Crippen LogP contribution is 2.40. The van der Waals surface area contributed by atoms with E-state index in [0.717, 1.165) is 19.3 Å². The highest BCUT2D eigenvalue weighted by Gasteiger charge is 2.41. The molecule has 0 saturated heterocycles. The third-order valence-corrected chi connectivity index (χ3v) is 6.65. The zero-order chi connectivity index (χ0) is 14.0. The van der Waals surface area contributed by atoms with Crippen molar-refractivity contribution in [3.63, 3.8) is 0 Å². The molecular weight excluding hydrogens is 252 g/mol. The molecule has 1 fully saturated rings. The first kappa shape index (κ1) is 15.5. The summed E-state index contributed by atoms with van der Waals surface area (Å²) in [5.74, 6) is -0.852. The normalized spacial score (nSPS) is 20.6. The minimum Gasteiger partial charge on any atom is -0.481 e. The van der Waals surface area contributed by atoms with Crippen LogP contribution in [0.1, 0.15) is 59.3 Å². The molecule has 106 valence electrons. The Morgan fingerprint density at radius 1 is 1.17 bits per heavy atom.